The van der Waals surface area contributed by atoms with Crippen LogP contribution >= 0.6 is 0 Å². The Bertz CT molecular complexity index is 726. The number of rotatable bonds is 7. The first-order valence-electron chi connectivity index (χ1n) is 8.43. The average Bonchev–Trinajstić information content (AvgIpc) is 2.67. The van der Waals surface area contributed by atoms with Crippen molar-refractivity contribution in [2.24, 2.45) is 0 Å². The van der Waals surface area contributed by atoms with E-state index in [0.717, 1.165) is 6.08 Å². The van der Waals surface area contributed by atoms with Crippen molar-refractivity contribution in [3.8, 4) is 0 Å². The van der Waals surface area contributed by atoms with Gasteiger partial charge in [-0.05, 0) is 25.0 Å². The molecular weight excluding hydrogens is 332 g/mol. The summed E-state index contributed by atoms with van der Waals surface area (Å²) in [6.07, 6.45) is 1.00. The van der Waals surface area contributed by atoms with Gasteiger partial charge in [0, 0.05) is 6.08 Å². The lowest BCUT2D eigenvalue weighted by Crippen LogP contribution is -2.35. The number of carbonyl (C=O) groups excluding carboxylic acids is 2. The predicted octanol–water partition coefficient (Wildman–Crippen LogP) is 2.98. The van der Waals surface area contributed by atoms with E-state index in [2.05, 4.69) is 0 Å². The molecule has 0 aromatic heterocycles. The number of benzene rings is 2. The standard InChI is InChI=1S/C21H22O5/c1-3-25-19(22)15-18(20(23)26-4-2)21(24,16-11-7-5-8-12-16)17-13-9-6-10-14-17/h5-15,24H,3-4H2,1-2H3/b18-15+. The van der Waals surface area contributed by atoms with Crippen molar-refractivity contribution < 1.29 is 24.2 Å². The third kappa shape index (κ3) is 4.18. The lowest BCUT2D eigenvalue weighted by molar-refractivity contribution is -0.142. The van der Waals surface area contributed by atoms with Crippen LogP contribution in [0.25, 0.3) is 0 Å². The van der Waals surface area contributed by atoms with Crippen LogP contribution in [0.1, 0.15) is 25.0 Å². The van der Waals surface area contributed by atoms with E-state index in [1.54, 1.807) is 74.5 Å². The predicted molar refractivity (Wildman–Crippen MR) is 97.2 cm³/mol. The molecule has 1 N–H and O–H groups in total. The van der Waals surface area contributed by atoms with Crippen LogP contribution in [0.5, 0.6) is 0 Å². The minimum Gasteiger partial charge on any atom is -0.463 e. The normalized spacial score (nSPS) is 11.7. The summed E-state index contributed by atoms with van der Waals surface area (Å²) in [5.74, 6) is -1.50. The molecule has 0 bridgehead atoms. The first kappa shape index (κ1) is 19.4. The van der Waals surface area contributed by atoms with Crippen LogP contribution in [0, 0.1) is 0 Å². The van der Waals surface area contributed by atoms with E-state index in [1.165, 1.54) is 0 Å². The van der Waals surface area contributed by atoms with Crippen LogP contribution < -0.4 is 0 Å². The molecule has 2 aromatic carbocycles. The monoisotopic (exact) mass is 354 g/mol. The third-order valence-corrected chi connectivity index (χ3v) is 3.82. The molecule has 0 unspecified atom stereocenters. The first-order valence-corrected chi connectivity index (χ1v) is 8.43. The fourth-order valence-corrected chi connectivity index (χ4v) is 2.66. The highest BCUT2D eigenvalue weighted by molar-refractivity contribution is 5.99. The summed E-state index contributed by atoms with van der Waals surface area (Å²) < 4.78 is 10.0. The van der Waals surface area contributed by atoms with Crippen molar-refractivity contribution in [3.63, 3.8) is 0 Å². The van der Waals surface area contributed by atoms with Crippen molar-refractivity contribution in [2.75, 3.05) is 13.2 Å². The van der Waals surface area contributed by atoms with Crippen molar-refractivity contribution in [3.05, 3.63) is 83.4 Å². The molecule has 0 saturated carbocycles. The van der Waals surface area contributed by atoms with E-state index in [4.69, 9.17) is 9.47 Å². The van der Waals surface area contributed by atoms with E-state index in [-0.39, 0.29) is 18.8 Å². The van der Waals surface area contributed by atoms with Crippen molar-refractivity contribution >= 4 is 11.9 Å². The Morgan fingerprint density at radius 2 is 1.35 bits per heavy atom. The van der Waals surface area contributed by atoms with Crippen molar-refractivity contribution in [1.82, 2.24) is 0 Å². The molecule has 2 rings (SSSR count). The van der Waals surface area contributed by atoms with Gasteiger partial charge in [-0.1, -0.05) is 60.7 Å². The molecule has 0 heterocycles. The molecule has 0 aliphatic rings. The largest absolute Gasteiger partial charge is 0.463 e. The summed E-state index contributed by atoms with van der Waals surface area (Å²) >= 11 is 0. The number of esters is 2. The zero-order valence-corrected chi connectivity index (χ0v) is 14.8. The summed E-state index contributed by atoms with van der Waals surface area (Å²) in [7, 11) is 0. The highest BCUT2D eigenvalue weighted by atomic mass is 16.5. The molecule has 136 valence electrons. The fourth-order valence-electron chi connectivity index (χ4n) is 2.66. The van der Waals surface area contributed by atoms with Gasteiger partial charge in [-0.25, -0.2) is 9.59 Å². The lowest BCUT2D eigenvalue weighted by atomic mass is 9.79. The maximum absolute atomic E-state index is 12.6. The maximum Gasteiger partial charge on any atom is 0.337 e. The lowest BCUT2D eigenvalue weighted by Gasteiger charge is -2.30. The van der Waals surface area contributed by atoms with Gasteiger partial charge in [0.05, 0.1) is 18.8 Å². The maximum atomic E-state index is 12.6. The molecule has 0 atom stereocenters. The van der Waals surface area contributed by atoms with Gasteiger partial charge >= 0.3 is 11.9 Å². The van der Waals surface area contributed by atoms with E-state index in [9.17, 15) is 14.7 Å². The molecule has 0 aliphatic carbocycles. The molecule has 0 amide bonds. The second-order valence-corrected chi connectivity index (χ2v) is 5.47. The van der Waals surface area contributed by atoms with Gasteiger partial charge < -0.3 is 14.6 Å². The van der Waals surface area contributed by atoms with Crippen LogP contribution in [0.3, 0.4) is 0 Å². The fraction of sp³-hybridized carbons (Fsp3) is 0.238. The third-order valence-electron chi connectivity index (χ3n) is 3.82. The second kappa shape index (κ2) is 8.97. The summed E-state index contributed by atoms with van der Waals surface area (Å²) in [4.78, 5) is 24.7. The molecule has 0 aliphatic heterocycles. The molecule has 0 spiro atoms. The second-order valence-electron chi connectivity index (χ2n) is 5.47. The Morgan fingerprint density at radius 3 is 1.77 bits per heavy atom. The number of hydrogen-bond donors (Lipinski definition) is 1. The van der Waals surface area contributed by atoms with Gasteiger partial charge in [-0.3, -0.25) is 0 Å². The number of hydrogen-bond acceptors (Lipinski definition) is 5. The number of ether oxygens (including phenoxy) is 2. The molecule has 26 heavy (non-hydrogen) atoms. The zero-order chi connectivity index (χ0) is 19.0. The van der Waals surface area contributed by atoms with Gasteiger partial charge in [-0.15, -0.1) is 0 Å². The van der Waals surface area contributed by atoms with E-state index < -0.39 is 17.5 Å². The zero-order valence-electron chi connectivity index (χ0n) is 14.8. The highest BCUT2D eigenvalue weighted by Gasteiger charge is 2.41. The topological polar surface area (TPSA) is 72.8 Å². The minimum atomic E-state index is -1.86. The van der Waals surface area contributed by atoms with Crippen LogP contribution in [0.15, 0.2) is 72.3 Å². The smallest absolute Gasteiger partial charge is 0.337 e. The van der Waals surface area contributed by atoms with Crippen LogP contribution in [-0.4, -0.2) is 30.3 Å². The Balaban J connectivity index is 2.70. The Labute approximate surface area is 152 Å². The SMILES string of the molecule is CCOC(=O)/C=C(\C(=O)OCC)C(O)(c1ccccc1)c1ccccc1. The molecule has 0 fully saturated rings. The van der Waals surface area contributed by atoms with Gasteiger partial charge in [-0.2, -0.15) is 0 Å². The number of aliphatic hydroxyl groups is 1. The summed E-state index contributed by atoms with van der Waals surface area (Å²) in [6.45, 7) is 3.58. The molecule has 5 nitrogen and oxygen atoms in total. The van der Waals surface area contributed by atoms with Crippen LogP contribution in [0.2, 0.25) is 0 Å². The molecule has 5 heteroatoms. The molecule has 0 saturated heterocycles. The van der Waals surface area contributed by atoms with Crippen molar-refractivity contribution in [2.45, 2.75) is 19.4 Å². The van der Waals surface area contributed by atoms with Gasteiger partial charge in [0.2, 0.25) is 0 Å². The van der Waals surface area contributed by atoms with Crippen molar-refractivity contribution in [1.29, 1.82) is 0 Å². The van der Waals surface area contributed by atoms with Gasteiger partial charge in [0.15, 0.2) is 0 Å². The Kier molecular flexibility index (Phi) is 6.69. The quantitative estimate of drug-likeness (QED) is 0.611. The molecule has 0 radical (unpaired) electrons. The van der Waals surface area contributed by atoms with Crippen LogP contribution in [-0.2, 0) is 24.7 Å². The summed E-state index contributed by atoms with van der Waals surface area (Å²) in [5, 5.41) is 11.7. The van der Waals surface area contributed by atoms with E-state index in [1.807, 2.05) is 0 Å². The van der Waals surface area contributed by atoms with E-state index in [0.29, 0.717) is 11.1 Å². The van der Waals surface area contributed by atoms with Crippen LogP contribution in [0.4, 0.5) is 0 Å². The molecule has 2 aromatic rings. The first-order chi connectivity index (χ1) is 12.5. The van der Waals surface area contributed by atoms with Gasteiger partial charge in [0.25, 0.3) is 0 Å². The minimum absolute atomic E-state index is 0.110. The van der Waals surface area contributed by atoms with E-state index >= 15 is 0 Å². The Hall–Kier alpha value is -2.92. The Morgan fingerprint density at radius 1 is 0.885 bits per heavy atom. The summed E-state index contributed by atoms with van der Waals surface area (Å²) in [6, 6.07) is 17.3. The molecular formula is C21H22O5. The highest BCUT2D eigenvalue weighted by Crippen LogP contribution is 2.37. The summed E-state index contributed by atoms with van der Waals surface area (Å²) in [5.41, 5.74) is -1.18. The average molecular weight is 354 g/mol. The number of carbonyl (C=O) groups is 2. The van der Waals surface area contributed by atoms with Gasteiger partial charge in [0.1, 0.15) is 5.60 Å².